The van der Waals surface area contributed by atoms with Crippen molar-refractivity contribution >= 4 is 0 Å². The fourth-order valence-corrected chi connectivity index (χ4v) is 0.118. The van der Waals surface area contributed by atoms with Gasteiger partial charge in [0.15, 0.2) is 0 Å². The minimum Gasteiger partial charge on any atom is -0.381 e. The van der Waals surface area contributed by atoms with Gasteiger partial charge in [0.05, 0.1) is 6.61 Å². The summed E-state index contributed by atoms with van der Waals surface area (Å²) in [6.07, 6.45) is 0. The van der Waals surface area contributed by atoms with E-state index in [1.807, 2.05) is 6.92 Å². The first kappa shape index (κ1) is 4.96. The molecule has 1 heteroatoms. The summed E-state index contributed by atoms with van der Waals surface area (Å²) in [7, 11) is 0. The van der Waals surface area contributed by atoms with Gasteiger partial charge in [-0.2, -0.15) is 0 Å². The Kier molecular flexibility index (Phi) is 3.93. The van der Waals surface area contributed by atoms with E-state index in [0.717, 1.165) is 6.61 Å². The first-order valence-electron chi connectivity index (χ1n) is 1.69. The van der Waals surface area contributed by atoms with Crippen LogP contribution in [0.2, 0.25) is 0 Å². The molecular formula is C4H8O. The van der Waals surface area contributed by atoms with E-state index in [2.05, 4.69) is 4.74 Å². The van der Waals surface area contributed by atoms with Crippen LogP contribution in [0.5, 0.6) is 0 Å². The smallest absolute Gasteiger partial charge is 0.0501 e. The molecule has 5 heavy (non-hydrogen) atoms. The first-order chi connectivity index (χ1) is 2.41. The van der Waals surface area contributed by atoms with E-state index in [-0.39, 0.29) is 0 Å². The summed E-state index contributed by atoms with van der Waals surface area (Å²) >= 11 is 0. The van der Waals surface area contributed by atoms with Gasteiger partial charge in [-0.15, -0.1) is 0 Å². The van der Waals surface area contributed by atoms with Gasteiger partial charge in [0.2, 0.25) is 0 Å². The van der Waals surface area contributed by atoms with Crippen LogP contribution < -0.4 is 0 Å². The average molecular weight is 72.1 g/mol. The van der Waals surface area contributed by atoms with Crippen LogP contribution in [0.3, 0.4) is 0 Å². The van der Waals surface area contributed by atoms with Crippen molar-refractivity contribution in [3.05, 3.63) is 6.92 Å². The lowest BCUT2D eigenvalue weighted by atomic mass is 10.8. The molecule has 0 saturated carbocycles. The van der Waals surface area contributed by atoms with E-state index in [1.165, 1.54) is 0 Å². The zero-order valence-corrected chi connectivity index (χ0v) is 3.40. The molecule has 30 valence electrons. The number of hydrogen-bond acceptors (Lipinski definition) is 1. The Balaban J connectivity index is 2.19. The molecule has 2 radical (unpaired) electrons. The van der Waals surface area contributed by atoms with Crippen molar-refractivity contribution in [1.82, 2.24) is 0 Å². The second-order valence-electron chi connectivity index (χ2n) is 0.659. The molecule has 0 aliphatic carbocycles. The molecular weight excluding hydrogens is 64.0 g/mol. The summed E-state index contributed by atoms with van der Waals surface area (Å²) in [5.74, 6) is 0. The third-order valence-corrected chi connectivity index (χ3v) is 0.322. The molecule has 0 amide bonds. The molecule has 0 unspecified atom stereocenters. The van der Waals surface area contributed by atoms with Gasteiger partial charge in [-0.25, -0.2) is 0 Å². The zero-order valence-electron chi connectivity index (χ0n) is 3.40. The van der Waals surface area contributed by atoms with E-state index >= 15 is 0 Å². The summed E-state index contributed by atoms with van der Waals surface area (Å²) in [6.45, 7) is 7.89. The first-order valence-corrected chi connectivity index (χ1v) is 1.69. The fourth-order valence-electron chi connectivity index (χ4n) is 0.118. The average Bonchev–Trinajstić information content (AvgIpc) is 1.41. The van der Waals surface area contributed by atoms with Crippen LogP contribution in [0.25, 0.3) is 0 Å². The minimum atomic E-state index is 0.344. The van der Waals surface area contributed by atoms with Crippen LogP contribution in [0.4, 0.5) is 0 Å². The van der Waals surface area contributed by atoms with Gasteiger partial charge in [0.1, 0.15) is 0 Å². The summed E-state index contributed by atoms with van der Waals surface area (Å²) in [5.41, 5.74) is 0. The summed E-state index contributed by atoms with van der Waals surface area (Å²) < 4.78 is 4.61. The third-order valence-electron chi connectivity index (χ3n) is 0.322. The minimum absolute atomic E-state index is 0.344. The van der Waals surface area contributed by atoms with Crippen LogP contribution in [-0.4, -0.2) is 13.2 Å². The maximum Gasteiger partial charge on any atom is 0.0501 e. The topological polar surface area (TPSA) is 9.23 Å². The molecule has 0 saturated heterocycles. The molecule has 0 aliphatic rings. The van der Waals surface area contributed by atoms with Gasteiger partial charge < -0.3 is 4.74 Å². The van der Waals surface area contributed by atoms with Crippen molar-refractivity contribution in [2.24, 2.45) is 0 Å². The second kappa shape index (κ2) is 3.96. The second-order valence-corrected chi connectivity index (χ2v) is 0.659. The zero-order chi connectivity index (χ0) is 4.12. The number of rotatable bonds is 2. The van der Waals surface area contributed by atoms with Gasteiger partial charge in [-0.1, -0.05) is 0 Å². The van der Waals surface area contributed by atoms with Gasteiger partial charge in [-0.3, -0.25) is 0 Å². The lowest BCUT2D eigenvalue weighted by Crippen LogP contribution is -1.84. The van der Waals surface area contributed by atoms with E-state index in [9.17, 15) is 0 Å². The van der Waals surface area contributed by atoms with Crippen molar-refractivity contribution in [2.45, 2.75) is 6.92 Å². The molecule has 0 spiro atoms. The lowest BCUT2D eigenvalue weighted by Gasteiger charge is -1.85. The highest BCUT2D eigenvalue weighted by Crippen LogP contribution is 1.63. The van der Waals surface area contributed by atoms with Gasteiger partial charge in [0, 0.05) is 6.61 Å². The molecule has 0 heterocycles. The van der Waals surface area contributed by atoms with Gasteiger partial charge in [-0.05, 0) is 13.8 Å². The predicted molar refractivity (Wildman–Crippen MR) is 20.8 cm³/mol. The van der Waals surface area contributed by atoms with Crippen molar-refractivity contribution in [1.29, 1.82) is 0 Å². The van der Waals surface area contributed by atoms with E-state index < -0.39 is 0 Å². The predicted octanol–water partition coefficient (Wildman–Crippen LogP) is 0.734. The molecule has 1 nitrogen and oxygen atoms in total. The third kappa shape index (κ3) is 3.96. The van der Waals surface area contributed by atoms with Gasteiger partial charge in [0.25, 0.3) is 0 Å². The van der Waals surface area contributed by atoms with Crippen molar-refractivity contribution in [3.63, 3.8) is 0 Å². The van der Waals surface area contributed by atoms with Crippen molar-refractivity contribution < 1.29 is 4.74 Å². The molecule has 0 N–H and O–H groups in total. The summed E-state index contributed by atoms with van der Waals surface area (Å²) in [5, 5.41) is 0. The Morgan fingerprint density at radius 2 is 2.40 bits per heavy atom. The molecule has 0 aliphatic heterocycles. The van der Waals surface area contributed by atoms with Crippen LogP contribution >= 0.6 is 0 Å². The quantitative estimate of drug-likeness (QED) is 0.467. The van der Waals surface area contributed by atoms with E-state index in [0.29, 0.717) is 6.61 Å². The Morgan fingerprint density at radius 1 is 1.80 bits per heavy atom. The molecule has 0 fully saturated rings. The normalized spacial score (nSPS) is 8.40. The van der Waals surface area contributed by atoms with E-state index in [4.69, 9.17) is 6.92 Å². The fraction of sp³-hybridized carbons (Fsp3) is 0.750. The monoisotopic (exact) mass is 72.1 g/mol. The molecule has 0 aromatic rings. The highest BCUT2D eigenvalue weighted by Gasteiger charge is 1.64. The van der Waals surface area contributed by atoms with Crippen molar-refractivity contribution in [3.8, 4) is 0 Å². The summed E-state index contributed by atoms with van der Waals surface area (Å²) in [6, 6.07) is 0. The number of ether oxygens (including phenoxy) is 1. The molecule has 0 atom stereocenters. The van der Waals surface area contributed by atoms with Crippen LogP contribution in [0.15, 0.2) is 0 Å². The maximum atomic E-state index is 4.92. The molecule has 0 aromatic carbocycles. The maximum absolute atomic E-state index is 4.92. The lowest BCUT2D eigenvalue weighted by molar-refractivity contribution is 0.176. The molecule has 0 bridgehead atoms. The van der Waals surface area contributed by atoms with Gasteiger partial charge >= 0.3 is 0 Å². The van der Waals surface area contributed by atoms with E-state index in [1.54, 1.807) is 0 Å². The SMILES string of the molecule is [CH]COCC. The Labute approximate surface area is 32.9 Å². The Morgan fingerprint density at radius 3 is 2.40 bits per heavy atom. The van der Waals surface area contributed by atoms with Crippen LogP contribution in [0.1, 0.15) is 6.92 Å². The summed E-state index contributed by atoms with van der Waals surface area (Å²) in [4.78, 5) is 0. The largest absolute Gasteiger partial charge is 0.381 e. The Hall–Kier alpha value is -0.0400. The standard InChI is InChI=1S/C4H8O/c1-3-5-4-2/h1H,3-4H2,2H3. The number of hydrogen-bond donors (Lipinski definition) is 0. The molecule has 0 rings (SSSR count). The Bertz CT molecular complexity index is 11.1. The highest BCUT2D eigenvalue weighted by atomic mass is 16.5. The van der Waals surface area contributed by atoms with Crippen LogP contribution in [0, 0.1) is 6.92 Å². The van der Waals surface area contributed by atoms with Crippen molar-refractivity contribution in [2.75, 3.05) is 13.2 Å². The highest BCUT2D eigenvalue weighted by molar-refractivity contribution is 4.24. The molecule has 0 aromatic heterocycles. The van der Waals surface area contributed by atoms with Crippen LogP contribution in [-0.2, 0) is 4.74 Å².